The average Bonchev–Trinajstić information content (AvgIpc) is 2.85. The van der Waals surface area contributed by atoms with Gasteiger partial charge in [-0.1, -0.05) is 0 Å². The van der Waals surface area contributed by atoms with Crippen molar-refractivity contribution in [3.63, 3.8) is 0 Å². The van der Waals surface area contributed by atoms with Crippen molar-refractivity contribution in [3.05, 3.63) is 72.9 Å². The summed E-state index contributed by atoms with van der Waals surface area (Å²) in [6.45, 7) is 0. The van der Waals surface area contributed by atoms with Crippen LogP contribution in [0.4, 0.5) is 0 Å². The third-order valence-corrected chi connectivity index (χ3v) is 4.13. The topological polar surface area (TPSA) is 155 Å². The molecule has 0 bridgehead atoms. The lowest BCUT2D eigenvalue weighted by atomic mass is 10.4. The third kappa shape index (κ3) is 2.96. The standard InChI is InChI=1S/C18H9N13/c1-4-19-10(20-5-1)13-25-16-27-14(11-21-6-2-7-22-11)29-18-30-15(12-23-8-3-9-24-12)28-17(26-13)31(16)18/h1-9H. The zero-order chi connectivity index (χ0) is 20.6. The van der Waals surface area contributed by atoms with Crippen LogP contribution >= 0.6 is 0 Å². The molecule has 3 aromatic rings. The summed E-state index contributed by atoms with van der Waals surface area (Å²) in [6.07, 6.45) is 9.61. The highest BCUT2D eigenvalue weighted by Gasteiger charge is 2.36. The van der Waals surface area contributed by atoms with Gasteiger partial charge < -0.3 is 0 Å². The lowest BCUT2D eigenvalue weighted by Crippen LogP contribution is -2.48. The van der Waals surface area contributed by atoms with Gasteiger partial charge in [-0.25, -0.2) is 34.8 Å². The van der Waals surface area contributed by atoms with Crippen molar-refractivity contribution in [3.8, 4) is 0 Å². The Kier molecular flexibility index (Phi) is 3.74. The number of amidine groups is 3. The van der Waals surface area contributed by atoms with E-state index < -0.39 is 0 Å². The molecule has 0 saturated carbocycles. The number of guanidine groups is 3. The molecule has 3 aliphatic rings. The fraction of sp³-hybridized carbons (Fsp3) is 0. The molecule has 0 saturated heterocycles. The Balaban J connectivity index is 1.55. The molecule has 0 aromatic carbocycles. The van der Waals surface area contributed by atoms with Crippen LogP contribution in [-0.2, 0) is 0 Å². The molecule has 13 heteroatoms. The molecule has 146 valence electrons. The van der Waals surface area contributed by atoms with Gasteiger partial charge in [0.1, 0.15) is 0 Å². The molecule has 3 aliphatic heterocycles. The van der Waals surface area contributed by atoms with Crippen LogP contribution in [0.15, 0.2) is 85.3 Å². The number of hydrogen-bond donors (Lipinski definition) is 0. The monoisotopic (exact) mass is 407 g/mol. The molecular formula is C18H9N13. The van der Waals surface area contributed by atoms with E-state index in [0.717, 1.165) is 0 Å². The normalized spacial score (nSPS) is 16.8. The zero-order valence-corrected chi connectivity index (χ0v) is 15.5. The van der Waals surface area contributed by atoms with Crippen molar-refractivity contribution in [1.29, 1.82) is 0 Å². The van der Waals surface area contributed by atoms with Crippen molar-refractivity contribution in [2.75, 3.05) is 0 Å². The zero-order valence-electron chi connectivity index (χ0n) is 15.5. The second-order valence-corrected chi connectivity index (χ2v) is 6.09. The quantitative estimate of drug-likeness (QED) is 0.596. The molecule has 6 rings (SSSR count). The molecule has 0 N–H and O–H groups in total. The second kappa shape index (κ2) is 6.84. The van der Waals surface area contributed by atoms with Crippen molar-refractivity contribution in [1.82, 2.24) is 34.8 Å². The summed E-state index contributed by atoms with van der Waals surface area (Å²) < 4.78 is 0. The Hall–Kier alpha value is -4.94. The number of rotatable bonds is 3. The van der Waals surface area contributed by atoms with Crippen LogP contribution in [0.3, 0.4) is 0 Å². The van der Waals surface area contributed by atoms with Gasteiger partial charge >= 0.3 is 0 Å². The number of hydrogen-bond acceptors (Lipinski definition) is 13. The molecule has 0 spiro atoms. The number of nitrogens with zero attached hydrogens (tertiary/aromatic N) is 13. The van der Waals surface area contributed by atoms with Gasteiger partial charge in [-0.3, -0.25) is 0 Å². The van der Waals surface area contributed by atoms with Gasteiger partial charge in [0.15, 0.2) is 17.5 Å². The molecular weight excluding hydrogens is 398 g/mol. The SMILES string of the molecule is c1cnc(C2=NC3=NC(c4ncccn4)=NC4=NC(c5ncccn5)=NC(=N2)N34)nc1. The van der Waals surface area contributed by atoms with E-state index in [-0.39, 0.29) is 35.4 Å². The Bertz CT molecular complexity index is 1190. The minimum absolute atomic E-state index is 0.249. The van der Waals surface area contributed by atoms with Crippen molar-refractivity contribution < 1.29 is 0 Å². The van der Waals surface area contributed by atoms with Gasteiger partial charge in [-0.15, -0.1) is 0 Å². The minimum atomic E-state index is 0.249. The van der Waals surface area contributed by atoms with E-state index in [1.54, 1.807) is 55.4 Å². The van der Waals surface area contributed by atoms with Crippen molar-refractivity contribution in [2.45, 2.75) is 0 Å². The van der Waals surface area contributed by atoms with E-state index in [1.165, 1.54) is 4.90 Å². The largest absolute Gasteiger partial charge is 0.243 e. The smallest absolute Gasteiger partial charge is 0.234 e. The first-order valence-corrected chi connectivity index (χ1v) is 8.99. The maximum absolute atomic E-state index is 4.49. The Morgan fingerprint density at radius 1 is 0.387 bits per heavy atom. The number of aromatic nitrogens is 6. The Morgan fingerprint density at radius 2 is 0.677 bits per heavy atom. The lowest BCUT2D eigenvalue weighted by molar-refractivity contribution is 0.823. The van der Waals surface area contributed by atoms with Crippen LogP contribution in [0, 0.1) is 0 Å². The highest BCUT2D eigenvalue weighted by atomic mass is 15.5. The van der Waals surface area contributed by atoms with Gasteiger partial charge in [0, 0.05) is 37.2 Å². The van der Waals surface area contributed by atoms with E-state index in [2.05, 4.69) is 59.9 Å². The fourth-order valence-corrected chi connectivity index (χ4v) is 2.83. The van der Waals surface area contributed by atoms with Crippen molar-refractivity contribution in [2.24, 2.45) is 30.0 Å². The van der Waals surface area contributed by atoms with E-state index in [0.29, 0.717) is 17.5 Å². The van der Waals surface area contributed by atoms with Crippen LogP contribution in [-0.4, -0.2) is 70.2 Å². The van der Waals surface area contributed by atoms with Gasteiger partial charge in [-0.05, 0) is 18.2 Å². The highest BCUT2D eigenvalue weighted by molar-refractivity contribution is 6.33. The summed E-state index contributed by atoms with van der Waals surface area (Å²) >= 11 is 0. The summed E-state index contributed by atoms with van der Waals surface area (Å²) in [5.41, 5.74) is 0. The maximum atomic E-state index is 4.49. The number of aliphatic imine (C=N–C) groups is 6. The molecule has 0 unspecified atom stereocenters. The van der Waals surface area contributed by atoms with E-state index >= 15 is 0 Å². The molecule has 31 heavy (non-hydrogen) atoms. The molecule has 6 heterocycles. The molecule has 13 nitrogen and oxygen atoms in total. The predicted molar refractivity (Wildman–Crippen MR) is 110 cm³/mol. The van der Waals surface area contributed by atoms with Crippen LogP contribution in [0.25, 0.3) is 0 Å². The summed E-state index contributed by atoms with van der Waals surface area (Å²) in [5.74, 6) is 2.48. The van der Waals surface area contributed by atoms with E-state index in [1.807, 2.05) is 0 Å². The molecule has 0 amide bonds. The Labute approximate surface area is 173 Å². The first kappa shape index (κ1) is 17.0. The van der Waals surface area contributed by atoms with Crippen LogP contribution in [0.5, 0.6) is 0 Å². The van der Waals surface area contributed by atoms with E-state index in [9.17, 15) is 0 Å². The molecule has 0 aliphatic carbocycles. The average molecular weight is 407 g/mol. The summed E-state index contributed by atoms with van der Waals surface area (Å²) in [5, 5.41) is 0. The second-order valence-electron chi connectivity index (χ2n) is 6.09. The summed E-state index contributed by atoms with van der Waals surface area (Å²) in [7, 11) is 0. The van der Waals surface area contributed by atoms with Gasteiger partial charge in [-0.2, -0.15) is 30.0 Å². The lowest BCUT2D eigenvalue weighted by Gasteiger charge is -2.29. The molecule has 0 fully saturated rings. The maximum Gasteiger partial charge on any atom is 0.243 e. The van der Waals surface area contributed by atoms with Gasteiger partial charge in [0.05, 0.1) is 0 Å². The fourth-order valence-electron chi connectivity index (χ4n) is 2.83. The minimum Gasteiger partial charge on any atom is -0.234 e. The molecule has 0 radical (unpaired) electrons. The Morgan fingerprint density at radius 3 is 0.968 bits per heavy atom. The third-order valence-electron chi connectivity index (χ3n) is 4.13. The molecule has 3 aromatic heterocycles. The predicted octanol–water partition coefficient (Wildman–Crippen LogP) is 0.108. The van der Waals surface area contributed by atoms with Crippen LogP contribution < -0.4 is 0 Å². The first-order valence-electron chi connectivity index (χ1n) is 8.99. The van der Waals surface area contributed by atoms with Crippen molar-refractivity contribution >= 4 is 35.4 Å². The van der Waals surface area contributed by atoms with Crippen LogP contribution in [0.2, 0.25) is 0 Å². The van der Waals surface area contributed by atoms with Gasteiger partial charge in [0.25, 0.3) is 0 Å². The summed E-state index contributed by atoms with van der Waals surface area (Å²) in [6, 6.07) is 5.11. The first-order chi connectivity index (χ1) is 15.3. The molecule has 0 atom stereocenters. The van der Waals surface area contributed by atoms with E-state index in [4.69, 9.17) is 0 Å². The highest BCUT2D eigenvalue weighted by Crippen LogP contribution is 2.20. The van der Waals surface area contributed by atoms with Crippen LogP contribution in [0.1, 0.15) is 17.5 Å². The van der Waals surface area contributed by atoms with Gasteiger partial charge in [0.2, 0.25) is 35.4 Å². The summed E-state index contributed by atoms with van der Waals surface area (Å²) in [4.78, 5) is 53.8.